The molecule has 1 N–H and O–H groups in total. The van der Waals surface area contributed by atoms with Crippen molar-refractivity contribution in [2.24, 2.45) is 0 Å². The summed E-state index contributed by atoms with van der Waals surface area (Å²) in [7, 11) is -3.32. The number of ether oxygens (including phenoxy) is 1. The normalized spacial score (nSPS) is 15.4. The molecule has 27 heavy (non-hydrogen) atoms. The Labute approximate surface area is 159 Å². The number of benzene rings is 1. The Balaban J connectivity index is 1.51. The zero-order valence-electron chi connectivity index (χ0n) is 15.2. The molecule has 1 amide bonds. The van der Waals surface area contributed by atoms with Gasteiger partial charge in [0.05, 0.1) is 17.6 Å². The van der Waals surface area contributed by atoms with E-state index in [2.05, 4.69) is 9.71 Å². The van der Waals surface area contributed by atoms with E-state index >= 15 is 0 Å². The van der Waals surface area contributed by atoms with Crippen LogP contribution in [0.25, 0.3) is 0 Å². The predicted molar refractivity (Wildman–Crippen MR) is 103 cm³/mol. The zero-order valence-corrected chi connectivity index (χ0v) is 16.0. The van der Waals surface area contributed by atoms with Gasteiger partial charge in [-0.15, -0.1) is 0 Å². The first-order chi connectivity index (χ1) is 13.0. The van der Waals surface area contributed by atoms with Crippen LogP contribution in [0.4, 0.5) is 5.69 Å². The topological polar surface area (TPSA) is 88.6 Å². The molecule has 0 radical (unpaired) electrons. The number of nitrogens with zero attached hydrogens (tertiary/aromatic N) is 2. The Kier molecular flexibility index (Phi) is 5.95. The van der Waals surface area contributed by atoms with E-state index in [1.54, 1.807) is 19.1 Å². The van der Waals surface area contributed by atoms with Gasteiger partial charge < -0.3 is 9.64 Å². The number of carbonyl (C=O) groups excluding carboxylic acids is 1. The van der Waals surface area contributed by atoms with E-state index in [-0.39, 0.29) is 17.8 Å². The van der Waals surface area contributed by atoms with Crippen molar-refractivity contribution in [2.75, 3.05) is 23.6 Å². The van der Waals surface area contributed by atoms with Crippen LogP contribution in [0.15, 0.2) is 48.7 Å². The van der Waals surface area contributed by atoms with Gasteiger partial charge in [0, 0.05) is 37.6 Å². The SMILES string of the molecule is CCS(=O)(=O)Nc1ccc(OC2CCN(C(=O)c3ccccc3)CC2)nc1. The molecule has 0 bridgehead atoms. The van der Waals surface area contributed by atoms with Crippen molar-refractivity contribution in [3.05, 3.63) is 54.2 Å². The summed E-state index contributed by atoms with van der Waals surface area (Å²) in [6, 6.07) is 12.5. The van der Waals surface area contributed by atoms with Crippen molar-refractivity contribution in [1.29, 1.82) is 0 Å². The first kappa shape index (κ1) is 19.2. The monoisotopic (exact) mass is 389 g/mol. The third-order valence-corrected chi connectivity index (χ3v) is 5.73. The Bertz CT molecular complexity index is 862. The third kappa shape index (κ3) is 5.19. The molecule has 0 aliphatic carbocycles. The van der Waals surface area contributed by atoms with E-state index in [0.29, 0.717) is 30.2 Å². The molecule has 3 rings (SSSR count). The zero-order chi connectivity index (χ0) is 19.3. The average molecular weight is 389 g/mol. The summed E-state index contributed by atoms with van der Waals surface area (Å²) >= 11 is 0. The maximum atomic E-state index is 12.5. The number of nitrogens with one attached hydrogen (secondary N) is 1. The molecule has 0 atom stereocenters. The molecule has 1 saturated heterocycles. The molecule has 1 fully saturated rings. The van der Waals surface area contributed by atoms with Crippen molar-refractivity contribution < 1.29 is 17.9 Å². The van der Waals surface area contributed by atoms with Gasteiger partial charge in [-0.05, 0) is 25.1 Å². The Morgan fingerprint density at radius 2 is 1.89 bits per heavy atom. The highest BCUT2D eigenvalue weighted by atomic mass is 32.2. The lowest BCUT2D eigenvalue weighted by molar-refractivity contribution is 0.0588. The maximum absolute atomic E-state index is 12.5. The smallest absolute Gasteiger partial charge is 0.253 e. The summed E-state index contributed by atoms with van der Waals surface area (Å²) < 4.78 is 31.4. The molecule has 1 aromatic carbocycles. The van der Waals surface area contributed by atoms with E-state index in [1.807, 2.05) is 35.2 Å². The molecule has 0 saturated carbocycles. The number of piperidine rings is 1. The minimum atomic E-state index is -3.32. The van der Waals surface area contributed by atoms with Gasteiger partial charge in [0.25, 0.3) is 5.91 Å². The summed E-state index contributed by atoms with van der Waals surface area (Å²) in [5.41, 5.74) is 1.11. The molecule has 2 aromatic rings. The lowest BCUT2D eigenvalue weighted by atomic mass is 10.1. The van der Waals surface area contributed by atoms with Crippen LogP contribution < -0.4 is 9.46 Å². The van der Waals surface area contributed by atoms with Crippen LogP contribution in [-0.4, -0.2) is 49.2 Å². The number of aromatic nitrogens is 1. The van der Waals surface area contributed by atoms with E-state index in [4.69, 9.17) is 4.74 Å². The quantitative estimate of drug-likeness (QED) is 0.820. The third-order valence-electron chi connectivity index (χ3n) is 4.43. The second kappa shape index (κ2) is 8.39. The number of pyridine rings is 1. The van der Waals surface area contributed by atoms with Crippen LogP contribution in [0.5, 0.6) is 5.88 Å². The molecule has 1 aromatic heterocycles. The highest BCUT2D eigenvalue weighted by molar-refractivity contribution is 7.92. The van der Waals surface area contributed by atoms with Crippen molar-refractivity contribution in [2.45, 2.75) is 25.9 Å². The molecule has 1 aliphatic rings. The summed E-state index contributed by atoms with van der Waals surface area (Å²) in [5.74, 6) is 0.493. The fourth-order valence-corrected chi connectivity index (χ4v) is 3.50. The molecule has 144 valence electrons. The Morgan fingerprint density at radius 1 is 1.19 bits per heavy atom. The lowest BCUT2D eigenvalue weighted by Gasteiger charge is -2.32. The van der Waals surface area contributed by atoms with Crippen LogP contribution in [-0.2, 0) is 10.0 Å². The molecule has 0 unspecified atom stereocenters. The number of anilines is 1. The van der Waals surface area contributed by atoms with Crippen molar-refractivity contribution in [3.63, 3.8) is 0 Å². The molecule has 7 nitrogen and oxygen atoms in total. The van der Waals surface area contributed by atoms with E-state index in [1.165, 1.54) is 6.20 Å². The van der Waals surface area contributed by atoms with Gasteiger partial charge >= 0.3 is 0 Å². The Morgan fingerprint density at radius 3 is 2.48 bits per heavy atom. The van der Waals surface area contributed by atoms with Gasteiger partial charge in [-0.3, -0.25) is 9.52 Å². The number of amides is 1. The van der Waals surface area contributed by atoms with Crippen molar-refractivity contribution >= 4 is 21.6 Å². The largest absolute Gasteiger partial charge is 0.474 e. The lowest BCUT2D eigenvalue weighted by Crippen LogP contribution is -2.41. The standard InChI is InChI=1S/C19H23N3O4S/c1-2-27(24,25)21-16-8-9-18(20-14-16)26-17-10-12-22(13-11-17)19(23)15-6-4-3-5-7-15/h3-9,14,17,21H,2,10-13H2,1H3. The number of hydrogen-bond acceptors (Lipinski definition) is 5. The molecule has 2 heterocycles. The van der Waals surface area contributed by atoms with Crippen LogP contribution in [0, 0.1) is 0 Å². The first-order valence-corrected chi connectivity index (χ1v) is 10.6. The predicted octanol–water partition coefficient (Wildman–Crippen LogP) is 2.53. The molecule has 8 heteroatoms. The molecular formula is C19H23N3O4S. The summed E-state index contributed by atoms with van der Waals surface area (Å²) in [6.45, 7) is 2.84. The van der Waals surface area contributed by atoms with E-state index in [9.17, 15) is 13.2 Å². The van der Waals surface area contributed by atoms with Gasteiger partial charge in [0.15, 0.2) is 0 Å². The van der Waals surface area contributed by atoms with E-state index in [0.717, 1.165) is 12.8 Å². The minimum absolute atomic E-state index is 0.00548. The van der Waals surface area contributed by atoms with E-state index < -0.39 is 10.0 Å². The minimum Gasteiger partial charge on any atom is -0.474 e. The van der Waals surface area contributed by atoms with Gasteiger partial charge in [-0.25, -0.2) is 13.4 Å². The average Bonchev–Trinajstić information content (AvgIpc) is 2.70. The number of sulfonamides is 1. The maximum Gasteiger partial charge on any atom is 0.253 e. The fraction of sp³-hybridized carbons (Fsp3) is 0.368. The van der Waals surface area contributed by atoms with Crippen LogP contribution in [0.2, 0.25) is 0 Å². The number of rotatable bonds is 6. The fourth-order valence-electron chi connectivity index (χ4n) is 2.87. The summed E-state index contributed by atoms with van der Waals surface area (Å²) in [4.78, 5) is 18.5. The second-order valence-corrected chi connectivity index (χ2v) is 8.38. The van der Waals surface area contributed by atoms with Crippen LogP contribution in [0.3, 0.4) is 0 Å². The first-order valence-electron chi connectivity index (χ1n) is 8.94. The molecule has 0 spiro atoms. The highest BCUT2D eigenvalue weighted by Gasteiger charge is 2.24. The van der Waals surface area contributed by atoms with Crippen LogP contribution >= 0.6 is 0 Å². The van der Waals surface area contributed by atoms with Gasteiger partial charge in [-0.2, -0.15) is 0 Å². The van der Waals surface area contributed by atoms with Crippen molar-refractivity contribution in [3.8, 4) is 5.88 Å². The second-order valence-electron chi connectivity index (χ2n) is 6.37. The Hall–Kier alpha value is -2.61. The number of carbonyl (C=O) groups is 1. The number of hydrogen-bond donors (Lipinski definition) is 1. The summed E-state index contributed by atoms with van der Waals surface area (Å²) in [5, 5.41) is 0. The van der Waals surface area contributed by atoms with Crippen LogP contribution in [0.1, 0.15) is 30.1 Å². The van der Waals surface area contributed by atoms with Gasteiger partial charge in [0.2, 0.25) is 15.9 Å². The molecular weight excluding hydrogens is 366 g/mol. The van der Waals surface area contributed by atoms with Gasteiger partial charge in [-0.1, -0.05) is 18.2 Å². The van der Waals surface area contributed by atoms with Crippen molar-refractivity contribution in [1.82, 2.24) is 9.88 Å². The summed E-state index contributed by atoms with van der Waals surface area (Å²) in [6.07, 6.45) is 2.88. The van der Waals surface area contributed by atoms with Gasteiger partial charge in [0.1, 0.15) is 6.10 Å². The number of likely N-dealkylation sites (tertiary alicyclic amines) is 1. The molecule has 1 aliphatic heterocycles. The highest BCUT2D eigenvalue weighted by Crippen LogP contribution is 2.20.